The Labute approximate surface area is 153 Å². The number of ketones is 1. The van der Waals surface area contributed by atoms with Gasteiger partial charge in [-0.2, -0.15) is 0 Å². The predicted octanol–water partition coefficient (Wildman–Crippen LogP) is 2.75. The van der Waals surface area contributed by atoms with Crippen molar-refractivity contribution in [1.29, 1.82) is 0 Å². The maximum absolute atomic E-state index is 12.7. The van der Waals surface area contributed by atoms with E-state index in [0.717, 1.165) is 0 Å². The number of carboxylic acids is 2. The third kappa shape index (κ3) is 2.92. The first kappa shape index (κ1) is 18.5. The van der Waals surface area contributed by atoms with Crippen LogP contribution in [0.3, 0.4) is 0 Å². The molecule has 0 saturated carbocycles. The summed E-state index contributed by atoms with van der Waals surface area (Å²) in [5.41, 5.74) is -0.604. The summed E-state index contributed by atoms with van der Waals surface area (Å²) in [7, 11) is 0. The summed E-state index contributed by atoms with van der Waals surface area (Å²) in [4.78, 5) is 52.2. The third-order valence-electron chi connectivity index (χ3n) is 4.53. The van der Waals surface area contributed by atoms with Crippen LogP contribution in [0.1, 0.15) is 58.5 Å². The van der Waals surface area contributed by atoms with E-state index in [0.29, 0.717) is 18.4 Å². The van der Waals surface area contributed by atoms with Gasteiger partial charge in [0.1, 0.15) is 11.3 Å². The van der Waals surface area contributed by atoms with Crippen molar-refractivity contribution in [1.82, 2.24) is 0 Å². The number of aliphatic carboxylic acids is 1. The largest absolute Gasteiger partial charge is 0.478 e. The molecule has 0 aliphatic carbocycles. The van der Waals surface area contributed by atoms with Gasteiger partial charge < -0.3 is 14.6 Å². The van der Waals surface area contributed by atoms with Gasteiger partial charge >= 0.3 is 17.6 Å². The van der Waals surface area contributed by atoms with E-state index in [9.17, 15) is 29.4 Å². The fraction of sp³-hybridized carbons (Fsp3) is 0.316. The first-order valence-corrected chi connectivity index (χ1v) is 8.52. The molecule has 1 aliphatic rings. The summed E-state index contributed by atoms with van der Waals surface area (Å²) in [5, 5.41) is 19.2. The van der Waals surface area contributed by atoms with Gasteiger partial charge in [0.15, 0.2) is 11.4 Å². The average molecular weight is 371 g/mol. The fourth-order valence-corrected chi connectivity index (χ4v) is 3.50. The lowest BCUT2D eigenvalue weighted by atomic mass is 9.86. The van der Waals surface area contributed by atoms with Crippen molar-refractivity contribution < 1.29 is 29.0 Å². The van der Waals surface area contributed by atoms with E-state index < -0.39 is 29.8 Å². The third-order valence-corrected chi connectivity index (χ3v) is 4.53. The minimum atomic E-state index is -1.32. The quantitative estimate of drug-likeness (QED) is 0.772. The smallest absolute Gasteiger partial charge is 0.350 e. The number of carboxylic acid groups (broad SMARTS) is 2. The number of aryl methyl sites for hydroxylation is 1. The summed E-state index contributed by atoms with van der Waals surface area (Å²) in [5.74, 6) is -3.15. The van der Waals surface area contributed by atoms with E-state index in [1.807, 2.05) is 6.92 Å². The van der Waals surface area contributed by atoms with Crippen molar-refractivity contribution in [2.75, 3.05) is 0 Å². The Balaban J connectivity index is 2.63. The van der Waals surface area contributed by atoms with Gasteiger partial charge in [-0.3, -0.25) is 4.79 Å². The van der Waals surface area contributed by atoms with Gasteiger partial charge in [-0.05, 0) is 24.0 Å². The van der Waals surface area contributed by atoms with E-state index in [1.165, 1.54) is 6.07 Å². The van der Waals surface area contributed by atoms with E-state index in [2.05, 4.69) is 4.99 Å². The van der Waals surface area contributed by atoms with Gasteiger partial charge in [-0.1, -0.05) is 20.3 Å². The maximum atomic E-state index is 12.7. The van der Waals surface area contributed by atoms with Crippen molar-refractivity contribution in [3.63, 3.8) is 0 Å². The van der Waals surface area contributed by atoms with Crippen LogP contribution in [-0.4, -0.2) is 33.6 Å². The van der Waals surface area contributed by atoms with Gasteiger partial charge in [0.2, 0.25) is 0 Å². The van der Waals surface area contributed by atoms with Crippen LogP contribution < -0.4 is 5.63 Å². The number of hydrogen-bond donors (Lipinski definition) is 2. The molecule has 140 valence electrons. The molecule has 2 aromatic rings. The number of carbonyl (C=O) groups is 3. The van der Waals surface area contributed by atoms with Crippen LogP contribution in [0.15, 0.2) is 20.3 Å². The van der Waals surface area contributed by atoms with Crippen molar-refractivity contribution in [3.05, 3.63) is 38.7 Å². The van der Waals surface area contributed by atoms with Gasteiger partial charge in [0.25, 0.3) is 0 Å². The fourth-order valence-electron chi connectivity index (χ4n) is 3.50. The number of hydrogen-bond acceptors (Lipinski definition) is 6. The molecule has 0 atom stereocenters. The average Bonchev–Trinajstić information content (AvgIpc) is 2.59. The SMILES string of the molecule is CCCc1cc(=O)oc2c(C(=O)O)c(CC)c3c(c12)N=C(C(=O)O)CC3=O. The number of Topliss-reactive ketones (excluding diaryl/α,β-unsaturated/α-hetero) is 1. The number of carbonyl (C=O) groups excluding carboxylic acids is 1. The van der Waals surface area contributed by atoms with Crippen LogP contribution in [0, 0.1) is 0 Å². The highest BCUT2D eigenvalue weighted by Crippen LogP contribution is 2.41. The van der Waals surface area contributed by atoms with Crippen molar-refractivity contribution in [2.45, 2.75) is 39.5 Å². The van der Waals surface area contributed by atoms with Crippen LogP contribution in [0.25, 0.3) is 11.0 Å². The van der Waals surface area contributed by atoms with Crippen LogP contribution >= 0.6 is 0 Å². The lowest BCUT2D eigenvalue weighted by Gasteiger charge is -2.21. The molecule has 0 radical (unpaired) electrons. The van der Waals surface area contributed by atoms with E-state index >= 15 is 0 Å². The number of aliphatic imine (C=N–C) groups is 1. The summed E-state index contributed by atoms with van der Waals surface area (Å²) in [6, 6.07) is 1.23. The van der Waals surface area contributed by atoms with Gasteiger partial charge in [-0.15, -0.1) is 0 Å². The van der Waals surface area contributed by atoms with Crippen molar-refractivity contribution >= 4 is 40.1 Å². The predicted molar refractivity (Wildman–Crippen MR) is 96.5 cm³/mol. The number of rotatable bonds is 5. The molecule has 1 aromatic heterocycles. The van der Waals surface area contributed by atoms with Crippen LogP contribution in [0.5, 0.6) is 0 Å². The molecule has 0 fully saturated rings. The second-order valence-electron chi connectivity index (χ2n) is 6.24. The summed E-state index contributed by atoms with van der Waals surface area (Å²) < 4.78 is 5.22. The highest BCUT2D eigenvalue weighted by Gasteiger charge is 2.33. The number of nitrogens with zero attached hydrogens (tertiary/aromatic N) is 1. The van der Waals surface area contributed by atoms with Gasteiger partial charge in [0, 0.05) is 17.0 Å². The number of aromatic carboxylic acids is 1. The van der Waals surface area contributed by atoms with E-state index in [1.54, 1.807) is 6.92 Å². The molecule has 2 N–H and O–H groups in total. The summed E-state index contributed by atoms with van der Waals surface area (Å²) in [6.07, 6.45) is 0.838. The second kappa shape index (κ2) is 6.79. The Bertz CT molecular complexity index is 1090. The summed E-state index contributed by atoms with van der Waals surface area (Å²) >= 11 is 0. The zero-order chi connectivity index (χ0) is 19.9. The van der Waals surface area contributed by atoms with Crippen LogP contribution in [-0.2, 0) is 17.6 Å². The molecule has 1 aliphatic heterocycles. The molecule has 3 rings (SSSR count). The molecule has 1 aromatic carbocycles. The first-order valence-electron chi connectivity index (χ1n) is 8.52. The molecule has 27 heavy (non-hydrogen) atoms. The molecule has 0 saturated heterocycles. The molecule has 0 unspecified atom stereocenters. The minimum Gasteiger partial charge on any atom is -0.478 e. The Hall–Kier alpha value is -3.29. The highest BCUT2D eigenvalue weighted by atomic mass is 16.4. The molecule has 0 amide bonds. The molecule has 0 bridgehead atoms. The second-order valence-corrected chi connectivity index (χ2v) is 6.24. The Morgan fingerprint density at radius 3 is 2.44 bits per heavy atom. The number of benzene rings is 1. The molecule has 2 heterocycles. The van der Waals surface area contributed by atoms with E-state index in [-0.39, 0.29) is 45.5 Å². The molecular weight excluding hydrogens is 354 g/mol. The van der Waals surface area contributed by atoms with Crippen LogP contribution in [0.2, 0.25) is 0 Å². The maximum Gasteiger partial charge on any atom is 0.350 e. The monoisotopic (exact) mass is 371 g/mol. The van der Waals surface area contributed by atoms with Gasteiger partial charge in [-0.25, -0.2) is 19.4 Å². The molecule has 0 spiro atoms. The highest BCUT2D eigenvalue weighted by molar-refractivity contribution is 6.43. The van der Waals surface area contributed by atoms with Crippen molar-refractivity contribution in [2.24, 2.45) is 4.99 Å². The molecule has 8 heteroatoms. The lowest BCUT2D eigenvalue weighted by Crippen LogP contribution is -2.24. The lowest BCUT2D eigenvalue weighted by molar-refractivity contribution is -0.129. The Kier molecular flexibility index (Phi) is 4.65. The van der Waals surface area contributed by atoms with Crippen molar-refractivity contribution in [3.8, 4) is 0 Å². The zero-order valence-corrected chi connectivity index (χ0v) is 14.8. The minimum absolute atomic E-state index is 0.0766. The topological polar surface area (TPSA) is 134 Å². The number of fused-ring (bicyclic) bond motifs is 3. The van der Waals surface area contributed by atoms with E-state index in [4.69, 9.17) is 4.42 Å². The normalized spacial score (nSPS) is 13.4. The first-order chi connectivity index (χ1) is 12.8. The summed E-state index contributed by atoms with van der Waals surface area (Å²) in [6.45, 7) is 3.55. The Morgan fingerprint density at radius 2 is 1.89 bits per heavy atom. The standard InChI is InChI=1S/C19H17NO7/c1-3-5-8-6-12(22)27-17-13(8)16-14(9(4-2)15(17)19(25)26)11(21)7-10(20-16)18(23)24/h6H,3-5,7H2,1-2H3,(H,23,24)(H,25,26). The zero-order valence-electron chi connectivity index (χ0n) is 14.8. The van der Waals surface area contributed by atoms with Gasteiger partial charge in [0.05, 0.1) is 12.1 Å². The molecular formula is C19H17NO7. The van der Waals surface area contributed by atoms with Crippen LogP contribution in [0.4, 0.5) is 5.69 Å². The Morgan fingerprint density at radius 1 is 1.19 bits per heavy atom. The molecule has 8 nitrogen and oxygen atoms in total.